The fourth-order valence-electron chi connectivity index (χ4n) is 2.07. The van der Waals surface area contributed by atoms with Gasteiger partial charge in [-0.25, -0.2) is 4.84 Å². The van der Waals surface area contributed by atoms with Gasteiger partial charge in [0, 0.05) is 6.07 Å². The molecule has 0 aliphatic heterocycles. The fourth-order valence-corrected chi connectivity index (χ4v) is 2.07. The van der Waals surface area contributed by atoms with E-state index in [0.29, 0.717) is 22.0 Å². The van der Waals surface area contributed by atoms with Crippen LogP contribution in [0.3, 0.4) is 0 Å². The van der Waals surface area contributed by atoms with Gasteiger partial charge in [0.05, 0.1) is 19.1 Å². The highest BCUT2D eigenvalue weighted by Gasteiger charge is 2.41. The van der Waals surface area contributed by atoms with Crippen molar-refractivity contribution in [2.24, 2.45) is 0 Å². The summed E-state index contributed by atoms with van der Waals surface area (Å²) in [6.45, 7) is 2.16. The lowest BCUT2D eigenvalue weighted by Crippen LogP contribution is -2.08. The smallest absolute Gasteiger partial charge is 0.360 e. The highest BCUT2D eigenvalue weighted by atomic mass is 16.8. The van der Waals surface area contributed by atoms with Crippen LogP contribution < -0.4 is 10.2 Å². The van der Waals surface area contributed by atoms with E-state index in [2.05, 4.69) is 12.4 Å². The Hall–Kier alpha value is -1.82. The molecule has 1 aromatic carbocycles. The first-order chi connectivity index (χ1) is 9.05. The first-order valence-corrected chi connectivity index (χ1v) is 6.08. The number of anilines is 1. The van der Waals surface area contributed by atoms with Crippen LogP contribution in [0.5, 0.6) is 5.75 Å². The molecular formula is C13H19N2O4+. The van der Waals surface area contributed by atoms with Gasteiger partial charge in [-0.2, -0.15) is 0 Å². The lowest BCUT2D eigenvalue weighted by molar-refractivity contribution is -0.736. The molecule has 0 saturated heterocycles. The van der Waals surface area contributed by atoms with Gasteiger partial charge in [0.2, 0.25) is 5.75 Å². The maximum absolute atomic E-state index is 11.8. The quantitative estimate of drug-likeness (QED) is 0.803. The maximum Gasteiger partial charge on any atom is 0.360 e. The van der Waals surface area contributed by atoms with Crippen LogP contribution in [-0.4, -0.2) is 26.3 Å². The highest BCUT2D eigenvalue weighted by molar-refractivity contribution is 5.68. The normalized spacial score (nSPS) is 15.8. The predicted molar refractivity (Wildman–Crippen MR) is 70.5 cm³/mol. The minimum atomic E-state index is 0.125. The van der Waals surface area contributed by atoms with E-state index in [-0.39, 0.29) is 5.41 Å². The van der Waals surface area contributed by atoms with Gasteiger partial charge in [-0.15, -0.1) is 0 Å². The number of methoxy groups -OCH3 is 1. The van der Waals surface area contributed by atoms with Gasteiger partial charge >= 0.3 is 5.69 Å². The number of rotatable bonds is 6. The second kappa shape index (κ2) is 5.05. The van der Waals surface area contributed by atoms with E-state index in [9.17, 15) is 4.91 Å². The molecule has 0 spiro atoms. The first-order valence-electron chi connectivity index (χ1n) is 6.08. The third-order valence-corrected chi connectivity index (χ3v) is 3.54. The monoisotopic (exact) mass is 267 g/mol. The van der Waals surface area contributed by atoms with Crippen molar-refractivity contribution in [2.45, 2.75) is 25.2 Å². The van der Waals surface area contributed by atoms with Gasteiger partial charge in [0.25, 0.3) is 4.92 Å². The summed E-state index contributed by atoms with van der Waals surface area (Å²) < 4.78 is 5.28. The summed E-state index contributed by atoms with van der Waals surface area (Å²) in [6.07, 6.45) is 2.22. The Morgan fingerprint density at radius 2 is 1.95 bits per heavy atom. The molecule has 6 heteroatoms. The van der Waals surface area contributed by atoms with Crippen LogP contribution >= 0.6 is 0 Å². The maximum atomic E-state index is 11.8. The van der Waals surface area contributed by atoms with Crippen LogP contribution in [0, 0.1) is 4.91 Å². The molecule has 1 aliphatic carbocycles. The standard InChI is InChI=1S/C13H19N2O4/c1-13(5-6-13)9-7-10(14-18-3)12(17-2)11(8-9)15(16)19-4/h7-8,14H,5-6H2,1-4H3/q+1. The number of nitrogens with zero attached hydrogens (tertiary/aromatic N) is 1. The molecule has 0 amide bonds. The molecule has 0 atom stereocenters. The third-order valence-electron chi connectivity index (χ3n) is 3.54. The van der Waals surface area contributed by atoms with Crippen molar-refractivity contribution in [1.29, 1.82) is 0 Å². The molecule has 19 heavy (non-hydrogen) atoms. The molecule has 104 valence electrons. The Labute approximate surface area is 112 Å². The molecule has 0 heterocycles. The average molecular weight is 267 g/mol. The zero-order valence-corrected chi connectivity index (χ0v) is 11.6. The summed E-state index contributed by atoms with van der Waals surface area (Å²) >= 11 is 0. The van der Waals surface area contributed by atoms with Crippen molar-refractivity contribution in [3.8, 4) is 5.75 Å². The summed E-state index contributed by atoms with van der Waals surface area (Å²) in [6, 6.07) is 3.76. The van der Waals surface area contributed by atoms with Crippen LogP contribution in [0.15, 0.2) is 12.1 Å². The summed E-state index contributed by atoms with van der Waals surface area (Å²) in [5.74, 6) is 0.395. The number of benzene rings is 1. The second-order valence-corrected chi connectivity index (χ2v) is 4.88. The van der Waals surface area contributed by atoms with E-state index in [1.54, 1.807) is 0 Å². The Morgan fingerprint density at radius 3 is 2.42 bits per heavy atom. The molecule has 1 N–H and O–H groups in total. The number of ether oxygens (including phenoxy) is 1. The summed E-state index contributed by atoms with van der Waals surface area (Å²) in [4.78, 5) is 21.9. The van der Waals surface area contributed by atoms with E-state index in [4.69, 9.17) is 14.4 Å². The SMILES string of the molecule is CONc1cc(C2(C)CC2)cc([N+](=O)OC)c1OC. The largest absolute Gasteiger partial charge is 0.489 e. The van der Waals surface area contributed by atoms with Gasteiger partial charge in [-0.1, -0.05) is 6.92 Å². The molecule has 1 aliphatic rings. The van der Waals surface area contributed by atoms with E-state index < -0.39 is 0 Å². The number of nitrogens with one attached hydrogen (secondary N) is 1. The van der Waals surface area contributed by atoms with Crippen LogP contribution in [-0.2, 0) is 15.1 Å². The van der Waals surface area contributed by atoms with Gasteiger partial charge in [0.1, 0.15) is 5.69 Å². The Morgan fingerprint density at radius 1 is 1.26 bits per heavy atom. The van der Waals surface area contributed by atoms with Crippen molar-refractivity contribution in [1.82, 2.24) is 0 Å². The lowest BCUT2D eigenvalue weighted by atomic mass is 9.97. The molecule has 0 bridgehead atoms. The molecule has 6 nitrogen and oxygen atoms in total. The molecule has 0 unspecified atom stereocenters. The predicted octanol–water partition coefficient (Wildman–Crippen LogP) is 2.69. The van der Waals surface area contributed by atoms with E-state index in [0.717, 1.165) is 18.4 Å². The van der Waals surface area contributed by atoms with Crippen LogP contribution in [0.2, 0.25) is 0 Å². The fraction of sp³-hybridized carbons (Fsp3) is 0.538. The van der Waals surface area contributed by atoms with Gasteiger partial charge in [-0.05, 0) is 29.9 Å². The Kier molecular flexibility index (Phi) is 3.61. The van der Waals surface area contributed by atoms with E-state index in [1.165, 1.54) is 21.3 Å². The van der Waals surface area contributed by atoms with Gasteiger partial charge in [-0.3, -0.25) is 10.3 Å². The summed E-state index contributed by atoms with van der Waals surface area (Å²) in [5, 5.41) is 0. The average Bonchev–Trinajstić information content (AvgIpc) is 3.16. The molecule has 1 fully saturated rings. The number of hydrogen-bond acceptors (Lipinski definition) is 5. The molecule has 0 radical (unpaired) electrons. The van der Waals surface area contributed by atoms with Gasteiger partial charge < -0.3 is 4.74 Å². The zero-order chi connectivity index (χ0) is 14.0. The van der Waals surface area contributed by atoms with Crippen molar-refractivity contribution in [3.63, 3.8) is 0 Å². The van der Waals surface area contributed by atoms with Crippen molar-refractivity contribution in [2.75, 3.05) is 26.8 Å². The highest BCUT2D eigenvalue weighted by Crippen LogP contribution is 2.51. The molecule has 0 aromatic heterocycles. The Bertz CT molecular complexity index is 498. The minimum absolute atomic E-state index is 0.125. The zero-order valence-electron chi connectivity index (χ0n) is 11.6. The first kappa shape index (κ1) is 13.6. The number of hydrogen-bond donors (Lipinski definition) is 1. The van der Waals surface area contributed by atoms with Crippen LogP contribution in [0.4, 0.5) is 11.4 Å². The van der Waals surface area contributed by atoms with Crippen LogP contribution in [0.1, 0.15) is 25.3 Å². The molecule has 2 rings (SSSR count). The topological polar surface area (TPSA) is 59.8 Å². The molecular weight excluding hydrogens is 248 g/mol. The van der Waals surface area contributed by atoms with Crippen molar-refractivity contribution in [3.05, 3.63) is 22.6 Å². The van der Waals surface area contributed by atoms with E-state index >= 15 is 0 Å². The van der Waals surface area contributed by atoms with E-state index in [1.807, 2.05) is 12.1 Å². The van der Waals surface area contributed by atoms with Gasteiger partial charge in [0.15, 0.2) is 7.11 Å². The van der Waals surface area contributed by atoms with Crippen molar-refractivity contribution >= 4 is 11.4 Å². The third kappa shape index (κ3) is 2.49. The summed E-state index contributed by atoms with van der Waals surface area (Å²) in [7, 11) is 4.33. The van der Waals surface area contributed by atoms with Crippen molar-refractivity contribution < 1.29 is 19.3 Å². The Balaban J connectivity index is 2.55. The summed E-state index contributed by atoms with van der Waals surface area (Å²) in [5.41, 5.74) is 4.88. The second-order valence-electron chi connectivity index (χ2n) is 4.88. The van der Waals surface area contributed by atoms with Crippen LogP contribution in [0.25, 0.3) is 0 Å². The molecule has 1 aromatic rings. The molecule has 1 saturated carbocycles. The minimum Gasteiger partial charge on any atom is -0.489 e. The lowest BCUT2D eigenvalue weighted by Gasteiger charge is -2.14.